The highest BCUT2D eigenvalue weighted by Crippen LogP contribution is 2.47. The van der Waals surface area contributed by atoms with E-state index < -0.39 is 27.0 Å². The number of fused-ring (bicyclic) bond motifs is 3. The largest absolute Gasteiger partial charge is 0.481 e. The van der Waals surface area contributed by atoms with Gasteiger partial charge in [-0.15, -0.1) is 21.5 Å². The van der Waals surface area contributed by atoms with Gasteiger partial charge in [-0.3, -0.25) is 14.4 Å². The van der Waals surface area contributed by atoms with E-state index in [1.807, 2.05) is 35.8 Å². The Hall–Kier alpha value is -2.33. The van der Waals surface area contributed by atoms with E-state index in [-0.39, 0.29) is 11.5 Å². The van der Waals surface area contributed by atoms with E-state index in [0.717, 1.165) is 32.3 Å². The fourth-order valence-electron chi connectivity index (χ4n) is 4.51. The number of aromatic nitrogens is 3. The molecule has 10 heteroatoms. The van der Waals surface area contributed by atoms with E-state index in [4.69, 9.17) is 21.0 Å². The summed E-state index contributed by atoms with van der Waals surface area (Å²) in [6.45, 7) is 16.6. The number of aliphatic imine (C=N–C) groups is 1. The van der Waals surface area contributed by atoms with Crippen molar-refractivity contribution in [1.29, 1.82) is 0 Å². The molecule has 7 nitrogen and oxygen atoms in total. The van der Waals surface area contributed by atoms with Crippen LogP contribution in [0.25, 0.3) is 5.00 Å². The molecule has 0 radical (unpaired) electrons. The Bertz CT molecular complexity index is 1320. The predicted octanol–water partition coefficient (Wildman–Crippen LogP) is 6.30. The van der Waals surface area contributed by atoms with Crippen LogP contribution in [0.5, 0.6) is 0 Å². The van der Waals surface area contributed by atoms with Crippen LogP contribution in [0.3, 0.4) is 0 Å². The normalized spacial score (nSPS) is 17.3. The third kappa shape index (κ3) is 4.81. The number of hydrogen-bond acceptors (Lipinski definition) is 6. The lowest BCUT2D eigenvalue weighted by molar-refractivity contribution is -0.141. The quantitative estimate of drug-likeness (QED) is 0.368. The lowest BCUT2D eigenvalue weighted by atomic mass is 9.86. The molecule has 0 aliphatic carbocycles. The van der Waals surface area contributed by atoms with E-state index in [1.165, 1.54) is 0 Å². The molecule has 4 rings (SSSR count). The monoisotopic (exact) mass is 544 g/mol. The molecule has 1 aliphatic rings. The lowest BCUT2D eigenvalue weighted by Crippen LogP contribution is -2.26. The molecule has 1 N–H and O–H groups in total. The van der Waals surface area contributed by atoms with Gasteiger partial charge in [-0.1, -0.05) is 44.5 Å². The number of hydrogen-bond donors (Lipinski definition) is 1. The molecule has 0 fully saturated rings. The molecule has 0 saturated heterocycles. The Labute approximate surface area is 222 Å². The first-order chi connectivity index (χ1) is 16.8. The second-order valence-electron chi connectivity index (χ2n) is 10.7. The third-order valence-electron chi connectivity index (χ3n) is 6.40. The van der Waals surface area contributed by atoms with Crippen LogP contribution >= 0.6 is 22.9 Å². The summed E-state index contributed by atoms with van der Waals surface area (Å²) in [5, 5.41) is 20.2. The van der Waals surface area contributed by atoms with Crippen LogP contribution in [-0.2, 0) is 9.22 Å². The van der Waals surface area contributed by atoms with E-state index in [0.29, 0.717) is 16.7 Å². The summed E-state index contributed by atoms with van der Waals surface area (Å²) in [6.07, 6.45) is -0.0819. The van der Waals surface area contributed by atoms with Crippen LogP contribution in [0.15, 0.2) is 29.3 Å². The number of carboxylic acid groups (broad SMARTS) is 1. The number of carboxylic acids is 1. The number of carbonyl (C=O) groups is 1. The molecule has 3 aromatic rings. The van der Waals surface area contributed by atoms with Crippen LogP contribution < -0.4 is 0 Å². The molecule has 3 heterocycles. The minimum Gasteiger partial charge on any atom is -0.481 e. The minimum absolute atomic E-state index is 0.0819. The zero-order valence-corrected chi connectivity index (χ0v) is 24.7. The summed E-state index contributed by atoms with van der Waals surface area (Å²) in [5.74, 6) is -0.495. The molecule has 1 aromatic carbocycles. The summed E-state index contributed by atoms with van der Waals surface area (Å²) >= 11 is 7.87. The van der Waals surface area contributed by atoms with Crippen molar-refractivity contribution in [3.63, 3.8) is 0 Å². The Morgan fingerprint density at radius 1 is 1.19 bits per heavy atom. The van der Waals surface area contributed by atoms with Crippen LogP contribution in [0, 0.1) is 25.2 Å². The molecular formula is C26H33ClN4O3SSi. The van der Waals surface area contributed by atoms with Crippen molar-refractivity contribution in [1.82, 2.24) is 14.8 Å². The molecule has 0 amide bonds. The second-order valence-corrected chi connectivity index (χ2v) is 14.5. The van der Waals surface area contributed by atoms with Crippen molar-refractivity contribution in [2.75, 3.05) is 0 Å². The highest BCUT2D eigenvalue weighted by molar-refractivity contribution is 7.15. The van der Waals surface area contributed by atoms with Crippen molar-refractivity contribution >= 4 is 43.7 Å². The van der Waals surface area contributed by atoms with Gasteiger partial charge in [-0.2, -0.15) is 0 Å². The van der Waals surface area contributed by atoms with E-state index in [2.05, 4.69) is 51.0 Å². The summed E-state index contributed by atoms with van der Waals surface area (Å²) in [4.78, 5) is 18.3. The smallest absolute Gasteiger partial charge is 0.308 e. The predicted molar refractivity (Wildman–Crippen MR) is 147 cm³/mol. The van der Waals surface area contributed by atoms with Gasteiger partial charge in [0.1, 0.15) is 16.9 Å². The fourth-order valence-corrected chi connectivity index (χ4v) is 7.47. The van der Waals surface area contributed by atoms with Crippen LogP contribution in [-0.4, -0.2) is 40.6 Å². The van der Waals surface area contributed by atoms with Gasteiger partial charge in [0.05, 0.1) is 17.7 Å². The standard InChI is InChI=1S/C26H33ClN4O3SSi/c1-13-18-20(16-9-11-17(27)12-10-16)28-19(14(2)25(32)33)23-30-29-15(3)31(23)24(18)35-21(13)22(26(4,5)6)34-36(7)8/h9-12,14,19,22,36H,1-8H3,(H,32,33)/t14-,19?,22?/m0/s1. The number of aryl methyl sites for hydroxylation is 1. The number of benzene rings is 1. The molecule has 192 valence electrons. The van der Waals surface area contributed by atoms with Gasteiger partial charge < -0.3 is 9.53 Å². The summed E-state index contributed by atoms with van der Waals surface area (Å²) < 4.78 is 8.60. The lowest BCUT2D eigenvalue weighted by Gasteiger charge is -2.32. The van der Waals surface area contributed by atoms with E-state index in [1.54, 1.807) is 18.3 Å². The van der Waals surface area contributed by atoms with Gasteiger partial charge in [0.15, 0.2) is 14.9 Å². The molecule has 1 aliphatic heterocycles. The van der Waals surface area contributed by atoms with Gasteiger partial charge in [0.2, 0.25) is 0 Å². The zero-order chi connectivity index (χ0) is 26.5. The minimum atomic E-state index is -1.35. The van der Waals surface area contributed by atoms with Crippen molar-refractivity contribution in [2.45, 2.75) is 66.8 Å². The third-order valence-corrected chi connectivity index (χ3v) is 8.79. The first kappa shape index (κ1) is 26.7. The maximum atomic E-state index is 12.1. The van der Waals surface area contributed by atoms with Crippen molar-refractivity contribution in [3.05, 3.63) is 62.5 Å². The first-order valence-electron chi connectivity index (χ1n) is 12.1. The SMILES string of the molecule is Cc1c(C(O[SiH](C)C)C(C)(C)C)sc2c1C(c1ccc(Cl)cc1)=NC([C@H](C)C(=O)O)c1nnc(C)n1-2. The average molecular weight is 545 g/mol. The number of rotatable bonds is 6. The molecule has 2 unspecified atom stereocenters. The van der Waals surface area contributed by atoms with Crippen molar-refractivity contribution in [2.24, 2.45) is 16.3 Å². The van der Waals surface area contributed by atoms with Crippen LogP contribution in [0.2, 0.25) is 18.1 Å². The Balaban J connectivity index is 2.07. The van der Waals surface area contributed by atoms with Gasteiger partial charge in [0, 0.05) is 21.0 Å². The van der Waals surface area contributed by atoms with Gasteiger partial charge >= 0.3 is 5.97 Å². The van der Waals surface area contributed by atoms with Crippen LogP contribution in [0.4, 0.5) is 0 Å². The Morgan fingerprint density at radius 3 is 2.39 bits per heavy atom. The molecule has 2 aromatic heterocycles. The molecule has 36 heavy (non-hydrogen) atoms. The summed E-state index contributed by atoms with van der Waals surface area (Å²) in [6, 6.07) is 6.83. The summed E-state index contributed by atoms with van der Waals surface area (Å²) in [7, 11) is -1.35. The van der Waals surface area contributed by atoms with Gasteiger partial charge in [-0.05, 0) is 57.0 Å². The highest BCUT2D eigenvalue weighted by atomic mass is 35.5. The molecule has 0 spiro atoms. The fraction of sp³-hybridized carbons (Fsp3) is 0.462. The molecule has 0 bridgehead atoms. The van der Waals surface area contributed by atoms with Gasteiger partial charge in [-0.25, -0.2) is 0 Å². The van der Waals surface area contributed by atoms with Crippen molar-refractivity contribution in [3.8, 4) is 5.00 Å². The second kappa shape index (κ2) is 9.85. The molecule has 3 atom stereocenters. The molecular weight excluding hydrogens is 512 g/mol. The number of nitrogens with zero attached hydrogens (tertiary/aromatic N) is 4. The maximum absolute atomic E-state index is 12.1. The Kier molecular flexibility index (Phi) is 7.31. The number of halogens is 1. The zero-order valence-electron chi connectivity index (χ0n) is 22.0. The summed E-state index contributed by atoms with van der Waals surface area (Å²) in [5.41, 5.74) is 3.54. The number of thiophene rings is 1. The topological polar surface area (TPSA) is 89.6 Å². The van der Waals surface area contributed by atoms with E-state index >= 15 is 0 Å². The average Bonchev–Trinajstić information content (AvgIpc) is 3.27. The van der Waals surface area contributed by atoms with Gasteiger partial charge in [0.25, 0.3) is 0 Å². The number of aliphatic carboxylic acids is 1. The Morgan fingerprint density at radius 2 is 1.83 bits per heavy atom. The maximum Gasteiger partial charge on any atom is 0.308 e. The van der Waals surface area contributed by atoms with Crippen molar-refractivity contribution < 1.29 is 14.3 Å². The molecule has 0 saturated carbocycles. The highest BCUT2D eigenvalue weighted by Gasteiger charge is 2.39. The first-order valence-corrected chi connectivity index (χ1v) is 16.1. The van der Waals surface area contributed by atoms with Crippen LogP contribution in [0.1, 0.15) is 73.1 Å². The van der Waals surface area contributed by atoms with E-state index in [9.17, 15) is 9.90 Å².